The number of halogens is 1. The van der Waals surface area contributed by atoms with Crippen molar-refractivity contribution in [3.63, 3.8) is 0 Å². The molecule has 0 N–H and O–H groups in total. The summed E-state index contributed by atoms with van der Waals surface area (Å²) < 4.78 is 1.06. The maximum atomic E-state index is 2.40. The van der Waals surface area contributed by atoms with Crippen LogP contribution < -0.4 is 24.0 Å². The molecule has 3 atom stereocenters. The monoisotopic (exact) mass is 433 g/mol. The molecule has 1 saturated heterocycles. The third kappa shape index (κ3) is 3.18. The van der Waals surface area contributed by atoms with Crippen LogP contribution in [0.1, 0.15) is 31.9 Å². The van der Waals surface area contributed by atoms with E-state index in [0.717, 1.165) is 4.48 Å². The number of hydrogen-bond acceptors (Lipinski definition) is 0. The van der Waals surface area contributed by atoms with Gasteiger partial charge in [0.2, 0.25) is 0 Å². The molecule has 0 radical (unpaired) electrons. The molecule has 0 amide bonds. The highest BCUT2D eigenvalue weighted by molar-refractivity contribution is 5.83. The first-order valence-corrected chi connectivity index (χ1v) is 8.62. The van der Waals surface area contributed by atoms with Gasteiger partial charge in [-0.3, -0.25) is 0 Å². The van der Waals surface area contributed by atoms with Gasteiger partial charge in [0.1, 0.15) is 6.04 Å². The summed E-state index contributed by atoms with van der Waals surface area (Å²) in [5.41, 5.74) is 5.70. The summed E-state index contributed by atoms with van der Waals surface area (Å²) in [6.45, 7) is 7.18. The lowest BCUT2D eigenvalue weighted by atomic mass is 9.85. The second-order valence-corrected chi connectivity index (χ2v) is 7.40. The standard InChI is InChI=1S/C22H28N.HI/c1-16-17(2)23(4,5)18(3)21(16)22(19-12-8-6-9-13-19)20-14-10-7-11-15-20;/h6-18H,1-5H3;1H/q+1;/p-1. The molecule has 2 heteroatoms. The molecule has 0 spiro atoms. The van der Waals surface area contributed by atoms with Crippen molar-refractivity contribution in [2.45, 2.75) is 32.9 Å². The third-order valence-electron chi connectivity index (χ3n) is 6.13. The van der Waals surface area contributed by atoms with Crippen LogP contribution in [0.3, 0.4) is 0 Å². The molecule has 1 aliphatic heterocycles. The Morgan fingerprint density at radius 2 is 1.17 bits per heavy atom. The molecule has 0 aliphatic carbocycles. The van der Waals surface area contributed by atoms with Gasteiger partial charge in [0.25, 0.3) is 0 Å². The molecule has 1 heterocycles. The SMILES string of the molecule is CC1C(=C(c2ccccc2)c2ccccc2)C(C)[N+](C)(C)C1C.[I-]. The Balaban J connectivity index is 0.00000208. The van der Waals surface area contributed by atoms with Gasteiger partial charge in [-0.1, -0.05) is 67.6 Å². The fourth-order valence-corrected chi connectivity index (χ4v) is 4.07. The number of likely N-dealkylation sites (N-methyl/N-ethyl adjacent to an activating group) is 1. The van der Waals surface area contributed by atoms with Crippen molar-refractivity contribution in [1.29, 1.82) is 0 Å². The molecular formula is C22H28IN. The fourth-order valence-electron chi connectivity index (χ4n) is 4.07. The number of hydrogen-bond donors (Lipinski definition) is 0. The largest absolute Gasteiger partial charge is 1.00 e. The van der Waals surface area contributed by atoms with Crippen LogP contribution in [-0.2, 0) is 0 Å². The van der Waals surface area contributed by atoms with Gasteiger partial charge in [-0.2, -0.15) is 0 Å². The lowest BCUT2D eigenvalue weighted by Gasteiger charge is -2.34. The van der Waals surface area contributed by atoms with Gasteiger partial charge in [0.15, 0.2) is 0 Å². The van der Waals surface area contributed by atoms with Gasteiger partial charge >= 0.3 is 0 Å². The van der Waals surface area contributed by atoms with E-state index in [1.165, 1.54) is 16.7 Å². The highest BCUT2D eigenvalue weighted by atomic mass is 127. The summed E-state index contributed by atoms with van der Waals surface area (Å²) in [7, 11) is 4.74. The summed E-state index contributed by atoms with van der Waals surface area (Å²) in [5.74, 6) is 0.579. The normalized spacial score (nSPS) is 25.2. The van der Waals surface area contributed by atoms with Crippen molar-refractivity contribution in [3.8, 4) is 0 Å². The lowest BCUT2D eigenvalue weighted by molar-refractivity contribution is -0.920. The Kier molecular flexibility index (Phi) is 5.92. The summed E-state index contributed by atoms with van der Waals surface area (Å²) in [6.07, 6.45) is 0. The molecule has 0 aromatic heterocycles. The number of benzene rings is 2. The Morgan fingerprint density at radius 3 is 1.50 bits per heavy atom. The van der Waals surface area contributed by atoms with Crippen LogP contribution in [0, 0.1) is 5.92 Å². The predicted octanol–water partition coefficient (Wildman–Crippen LogP) is 2.00. The Bertz CT molecular complexity index is 662. The Labute approximate surface area is 164 Å². The molecule has 0 saturated carbocycles. The number of rotatable bonds is 2. The van der Waals surface area contributed by atoms with Crippen LogP contribution in [0.25, 0.3) is 5.57 Å². The molecule has 24 heavy (non-hydrogen) atoms. The molecule has 0 bridgehead atoms. The molecule has 1 aliphatic rings. The molecule has 2 aromatic carbocycles. The minimum atomic E-state index is 0. The maximum absolute atomic E-state index is 2.40. The summed E-state index contributed by atoms with van der Waals surface area (Å²) in [6, 6.07) is 22.9. The van der Waals surface area contributed by atoms with E-state index in [1.54, 1.807) is 5.57 Å². The Hall–Kier alpha value is -1.13. The van der Waals surface area contributed by atoms with Crippen molar-refractivity contribution in [2.75, 3.05) is 14.1 Å². The van der Waals surface area contributed by atoms with Gasteiger partial charge in [0.05, 0.1) is 20.1 Å². The van der Waals surface area contributed by atoms with Crippen LogP contribution in [-0.4, -0.2) is 30.7 Å². The van der Waals surface area contributed by atoms with Crippen molar-refractivity contribution in [2.24, 2.45) is 5.92 Å². The van der Waals surface area contributed by atoms with Crippen molar-refractivity contribution in [3.05, 3.63) is 77.4 Å². The van der Waals surface area contributed by atoms with Gasteiger partial charge in [-0.25, -0.2) is 0 Å². The fraction of sp³-hybridized carbons (Fsp3) is 0.364. The maximum Gasteiger partial charge on any atom is 0.109 e. The second kappa shape index (κ2) is 7.40. The van der Waals surface area contributed by atoms with Gasteiger partial charge in [-0.15, -0.1) is 0 Å². The minimum absolute atomic E-state index is 0. The first-order chi connectivity index (χ1) is 10.9. The van der Waals surface area contributed by atoms with E-state index in [4.69, 9.17) is 0 Å². The van der Waals surface area contributed by atoms with E-state index in [0.29, 0.717) is 18.0 Å². The van der Waals surface area contributed by atoms with Crippen molar-refractivity contribution >= 4 is 5.57 Å². The zero-order chi connectivity index (χ0) is 16.6. The molecule has 1 nitrogen and oxygen atoms in total. The highest BCUT2D eigenvalue weighted by Crippen LogP contribution is 2.44. The summed E-state index contributed by atoms with van der Waals surface area (Å²) in [4.78, 5) is 0. The van der Waals surface area contributed by atoms with Gasteiger partial charge in [0, 0.05) is 11.5 Å². The quantitative estimate of drug-likeness (QED) is 0.502. The van der Waals surface area contributed by atoms with Crippen LogP contribution >= 0.6 is 0 Å². The average Bonchev–Trinajstić information content (AvgIpc) is 2.72. The number of nitrogens with zero attached hydrogens (tertiary/aromatic N) is 1. The van der Waals surface area contributed by atoms with E-state index in [2.05, 4.69) is 95.5 Å². The first kappa shape index (κ1) is 19.2. The molecular weight excluding hydrogens is 405 g/mol. The van der Waals surface area contributed by atoms with E-state index in [9.17, 15) is 0 Å². The zero-order valence-corrected chi connectivity index (χ0v) is 17.5. The van der Waals surface area contributed by atoms with Crippen LogP contribution in [0.4, 0.5) is 0 Å². The van der Waals surface area contributed by atoms with Crippen molar-refractivity contribution in [1.82, 2.24) is 0 Å². The number of quaternary nitrogens is 1. The topological polar surface area (TPSA) is 0 Å². The minimum Gasteiger partial charge on any atom is -1.00 e. The second-order valence-electron chi connectivity index (χ2n) is 7.40. The first-order valence-electron chi connectivity index (χ1n) is 8.62. The van der Waals surface area contributed by atoms with Gasteiger partial charge in [-0.05, 0) is 30.5 Å². The molecule has 3 rings (SSSR count). The summed E-state index contributed by atoms with van der Waals surface area (Å²) in [5, 5.41) is 0. The van der Waals surface area contributed by atoms with E-state index in [-0.39, 0.29) is 24.0 Å². The molecule has 3 unspecified atom stereocenters. The average molecular weight is 433 g/mol. The van der Waals surface area contributed by atoms with E-state index < -0.39 is 0 Å². The smallest absolute Gasteiger partial charge is 0.109 e. The van der Waals surface area contributed by atoms with Gasteiger partial charge < -0.3 is 28.5 Å². The highest BCUT2D eigenvalue weighted by Gasteiger charge is 2.47. The summed E-state index contributed by atoms with van der Waals surface area (Å²) >= 11 is 0. The molecule has 2 aromatic rings. The van der Waals surface area contributed by atoms with E-state index in [1.807, 2.05) is 0 Å². The van der Waals surface area contributed by atoms with Crippen molar-refractivity contribution < 1.29 is 28.5 Å². The van der Waals surface area contributed by atoms with Crippen LogP contribution in [0.15, 0.2) is 66.2 Å². The third-order valence-corrected chi connectivity index (χ3v) is 6.13. The lowest BCUT2D eigenvalue weighted by Crippen LogP contribution is -3.00. The van der Waals surface area contributed by atoms with Crippen LogP contribution in [0.5, 0.6) is 0 Å². The zero-order valence-electron chi connectivity index (χ0n) is 15.3. The predicted molar refractivity (Wildman–Crippen MR) is 99.1 cm³/mol. The Morgan fingerprint density at radius 1 is 0.750 bits per heavy atom. The molecule has 1 fully saturated rings. The van der Waals surface area contributed by atoms with Crippen LogP contribution in [0.2, 0.25) is 0 Å². The number of likely N-dealkylation sites (tertiary alicyclic amines) is 1. The van der Waals surface area contributed by atoms with E-state index >= 15 is 0 Å². The molecule has 128 valence electrons.